The number of nitrogens with zero attached hydrogens (tertiary/aromatic N) is 1. The molecule has 108 valence electrons. The van der Waals surface area contributed by atoms with Crippen LogP contribution in [0.1, 0.15) is 13.3 Å². The molecule has 0 aromatic heterocycles. The number of benzene rings is 1. The molecule has 1 atom stereocenters. The van der Waals surface area contributed by atoms with Crippen LogP contribution >= 0.6 is 0 Å². The molecule has 0 bridgehead atoms. The Bertz CT molecular complexity index is 532. The van der Waals surface area contributed by atoms with E-state index in [-0.39, 0.29) is 16.6 Å². The first-order valence-electron chi connectivity index (χ1n) is 5.94. The summed E-state index contributed by atoms with van der Waals surface area (Å²) >= 11 is 0. The second kappa shape index (κ2) is 6.31. The van der Waals surface area contributed by atoms with Crippen LogP contribution in [-0.2, 0) is 10.0 Å². The van der Waals surface area contributed by atoms with Crippen LogP contribution in [0.15, 0.2) is 23.1 Å². The standard InChI is InChI=1S/C12H20FN3O2S/c1-9(6-7-16(2)3)15-19(17,18)12-5-4-10(14)8-11(12)13/h4-5,8-9,15H,6-7,14H2,1-3H3. The molecule has 1 rings (SSSR count). The third-order valence-corrected chi connectivity index (χ3v) is 4.23. The van der Waals surface area contributed by atoms with Crippen molar-refractivity contribution in [3.8, 4) is 0 Å². The Balaban J connectivity index is 2.81. The van der Waals surface area contributed by atoms with Crippen LogP contribution in [0.4, 0.5) is 10.1 Å². The van der Waals surface area contributed by atoms with Gasteiger partial charge in [-0.2, -0.15) is 0 Å². The molecular weight excluding hydrogens is 269 g/mol. The van der Waals surface area contributed by atoms with Gasteiger partial charge in [0.1, 0.15) is 10.7 Å². The van der Waals surface area contributed by atoms with E-state index in [4.69, 9.17) is 5.73 Å². The number of hydrogen-bond acceptors (Lipinski definition) is 4. The molecule has 0 heterocycles. The molecule has 0 fully saturated rings. The molecule has 0 aliphatic carbocycles. The van der Waals surface area contributed by atoms with Crippen LogP contribution in [0.3, 0.4) is 0 Å². The third kappa shape index (κ3) is 4.77. The molecule has 1 aromatic rings. The number of nitrogens with two attached hydrogens (primary N) is 1. The van der Waals surface area contributed by atoms with E-state index in [1.165, 1.54) is 12.1 Å². The Morgan fingerprint density at radius 1 is 1.42 bits per heavy atom. The summed E-state index contributed by atoms with van der Waals surface area (Å²) in [6, 6.07) is 3.26. The SMILES string of the molecule is CC(CCN(C)C)NS(=O)(=O)c1ccc(N)cc1F. The molecule has 1 unspecified atom stereocenters. The van der Waals surface area contributed by atoms with Gasteiger partial charge in [0.25, 0.3) is 0 Å². The molecule has 1 aromatic carbocycles. The number of hydrogen-bond donors (Lipinski definition) is 2. The van der Waals surface area contributed by atoms with Gasteiger partial charge in [0.05, 0.1) is 0 Å². The van der Waals surface area contributed by atoms with Crippen LogP contribution in [0.2, 0.25) is 0 Å². The van der Waals surface area contributed by atoms with Gasteiger partial charge in [-0.25, -0.2) is 17.5 Å². The highest BCUT2D eigenvalue weighted by Crippen LogP contribution is 2.17. The van der Waals surface area contributed by atoms with Gasteiger partial charge in [-0.05, 0) is 52.2 Å². The van der Waals surface area contributed by atoms with E-state index in [0.29, 0.717) is 6.42 Å². The first kappa shape index (κ1) is 15.9. The number of nitrogens with one attached hydrogen (secondary N) is 1. The van der Waals surface area contributed by atoms with Crippen molar-refractivity contribution in [2.75, 3.05) is 26.4 Å². The van der Waals surface area contributed by atoms with E-state index in [2.05, 4.69) is 4.72 Å². The maximum atomic E-state index is 13.6. The number of sulfonamides is 1. The predicted octanol–water partition coefficient (Wildman–Crippen LogP) is 1.03. The summed E-state index contributed by atoms with van der Waals surface area (Å²) < 4.78 is 40.1. The summed E-state index contributed by atoms with van der Waals surface area (Å²) in [5.41, 5.74) is 5.58. The lowest BCUT2D eigenvalue weighted by Crippen LogP contribution is -2.35. The van der Waals surface area contributed by atoms with Crippen molar-refractivity contribution in [2.24, 2.45) is 0 Å². The highest BCUT2D eigenvalue weighted by molar-refractivity contribution is 7.89. The number of nitrogen functional groups attached to an aromatic ring is 1. The zero-order valence-corrected chi connectivity index (χ0v) is 12.2. The average Bonchev–Trinajstić information content (AvgIpc) is 2.25. The van der Waals surface area contributed by atoms with Crippen LogP contribution in [0.25, 0.3) is 0 Å². The smallest absolute Gasteiger partial charge is 0.243 e. The summed E-state index contributed by atoms with van der Waals surface area (Å²) in [6.45, 7) is 2.49. The van der Waals surface area contributed by atoms with Crippen LogP contribution in [0.5, 0.6) is 0 Å². The Hall–Kier alpha value is -1.18. The molecule has 0 radical (unpaired) electrons. The average molecular weight is 289 g/mol. The molecule has 0 saturated carbocycles. The Labute approximate surface area is 113 Å². The Morgan fingerprint density at radius 2 is 2.05 bits per heavy atom. The Kier molecular flexibility index (Phi) is 5.28. The first-order valence-corrected chi connectivity index (χ1v) is 7.43. The molecule has 0 saturated heterocycles. The van der Waals surface area contributed by atoms with Crippen LogP contribution in [-0.4, -0.2) is 40.0 Å². The number of halogens is 1. The highest BCUT2D eigenvalue weighted by Gasteiger charge is 2.21. The summed E-state index contributed by atoms with van der Waals surface area (Å²) in [5.74, 6) is -0.840. The lowest BCUT2D eigenvalue weighted by atomic mass is 10.2. The van der Waals surface area contributed by atoms with Crippen molar-refractivity contribution in [1.82, 2.24) is 9.62 Å². The lowest BCUT2D eigenvalue weighted by Gasteiger charge is -2.17. The van der Waals surface area contributed by atoms with Gasteiger partial charge >= 0.3 is 0 Å². The predicted molar refractivity (Wildman–Crippen MR) is 73.8 cm³/mol. The van der Waals surface area contributed by atoms with Gasteiger partial charge < -0.3 is 10.6 Å². The van der Waals surface area contributed by atoms with Crippen molar-refractivity contribution in [3.05, 3.63) is 24.0 Å². The Morgan fingerprint density at radius 3 is 2.58 bits per heavy atom. The fraction of sp³-hybridized carbons (Fsp3) is 0.500. The fourth-order valence-corrected chi connectivity index (χ4v) is 2.91. The van der Waals surface area contributed by atoms with Gasteiger partial charge in [0.2, 0.25) is 10.0 Å². The van der Waals surface area contributed by atoms with Gasteiger partial charge in [0.15, 0.2) is 0 Å². The first-order chi connectivity index (χ1) is 8.72. The fourth-order valence-electron chi connectivity index (χ4n) is 1.57. The van der Waals surface area contributed by atoms with Crippen molar-refractivity contribution >= 4 is 15.7 Å². The maximum Gasteiger partial charge on any atom is 0.243 e. The van der Waals surface area contributed by atoms with Gasteiger partial charge in [0, 0.05) is 11.7 Å². The van der Waals surface area contributed by atoms with Gasteiger partial charge in [-0.15, -0.1) is 0 Å². The summed E-state index contributed by atoms with van der Waals surface area (Å²) in [4.78, 5) is 1.58. The number of anilines is 1. The van der Waals surface area contributed by atoms with Crippen molar-refractivity contribution in [1.29, 1.82) is 0 Å². The monoisotopic (exact) mass is 289 g/mol. The van der Waals surface area contributed by atoms with Gasteiger partial charge in [-0.3, -0.25) is 0 Å². The molecule has 7 heteroatoms. The maximum absolute atomic E-state index is 13.6. The molecule has 0 aliphatic rings. The molecular formula is C12H20FN3O2S. The van der Waals surface area contributed by atoms with Crippen LogP contribution < -0.4 is 10.5 Å². The van der Waals surface area contributed by atoms with Gasteiger partial charge in [-0.1, -0.05) is 0 Å². The minimum Gasteiger partial charge on any atom is -0.399 e. The second-order valence-electron chi connectivity index (χ2n) is 4.80. The van der Waals surface area contributed by atoms with E-state index < -0.39 is 15.8 Å². The van der Waals surface area contributed by atoms with E-state index >= 15 is 0 Å². The number of rotatable bonds is 6. The van der Waals surface area contributed by atoms with E-state index in [1.807, 2.05) is 19.0 Å². The summed E-state index contributed by atoms with van der Waals surface area (Å²) in [5, 5.41) is 0. The molecule has 19 heavy (non-hydrogen) atoms. The van der Waals surface area contributed by atoms with E-state index in [9.17, 15) is 12.8 Å². The van der Waals surface area contributed by atoms with E-state index in [1.54, 1.807) is 6.92 Å². The molecule has 0 aliphatic heterocycles. The summed E-state index contributed by atoms with van der Waals surface area (Å²) in [6.07, 6.45) is 0.642. The topological polar surface area (TPSA) is 75.4 Å². The van der Waals surface area contributed by atoms with E-state index in [0.717, 1.165) is 12.6 Å². The largest absolute Gasteiger partial charge is 0.399 e. The normalized spacial score (nSPS) is 13.7. The zero-order valence-electron chi connectivity index (χ0n) is 11.4. The molecule has 5 nitrogen and oxygen atoms in total. The molecule has 0 amide bonds. The summed E-state index contributed by atoms with van der Waals surface area (Å²) in [7, 11) is -0.0467. The van der Waals surface area contributed by atoms with Crippen LogP contribution in [0, 0.1) is 5.82 Å². The molecule has 3 N–H and O–H groups in total. The van der Waals surface area contributed by atoms with Crippen molar-refractivity contribution in [2.45, 2.75) is 24.3 Å². The van der Waals surface area contributed by atoms with Crippen molar-refractivity contribution in [3.63, 3.8) is 0 Å². The molecule has 0 spiro atoms. The third-order valence-electron chi connectivity index (χ3n) is 2.61. The minimum absolute atomic E-state index is 0.192. The minimum atomic E-state index is -3.85. The lowest BCUT2D eigenvalue weighted by molar-refractivity contribution is 0.378. The second-order valence-corrected chi connectivity index (χ2v) is 6.49. The zero-order chi connectivity index (χ0) is 14.6. The highest BCUT2D eigenvalue weighted by atomic mass is 32.2. The van der Waals surface area contributed by atoms with Crippen molar-refractivity contribution < 1.29 is 12.8 Å². The quantitative estimate of drug-likeness (QED) is 0.767.